The molecule has 0 bridgehead atoms. The van der Waals surface area contributed by atoms with Crippen molar-refractivity contribution in [2.45, 2.75) is 57.7 Å². The molecule has 0 aromatic heterocycles. The van der Waals surface area contributed by atoms with Crippen molar-refractivity contribution in [3.8, 4) is 0 Å². The first-order chi connectivity index (χ1) is 11.5. The van der Waals surface area contributed by atoms with E-state index in [4.69, 9.17) is 10.5 Å². The van der Waals surface area contributed by atoms with Crippen molar-refractivity contribution in [3.63, 3.8) is 0 Å². The molecule has 9 nitrogen and oxygen atoms in total. The number of rotatable bonds is 10. The number of carbonyl (C=O) groups excluding carboxylic acids is 3. The molecule has 0 aliphatic carbocycles. The minimum absolute atomic E-state index is 0.0602. The number of amides is 3. The SMILES string of the molecule is CSCC[C@H](NC(=O)[C@H](CCC(N)=O)NC(=O)OC(C)(C)C)C(=O)O. The monoisotopic (exact) mass is 377 g/mol. The van der Waals surface area contributed by atoms with Gasteiger partial charge in [-0.2, -0.15) is 11.8 Å². The zero-order valence-corrected chi connectivity index (χ0v) is 15.8. The van der Waals surface area contributed by atoms with Gasteiger partial charge in [-0.25, -0.2) is 9.59 Å². The fraction of sp³-hybridized carbons (Fsp3) is 0.733. The Kier molecular flexibility index (Phi) is 9.95. The van der Waals surface area contributed by atoms with Crippen LogP contribution in [0, 0.1) is 0 Å². The Balaban J connectivity index is 4.98. The number of primary amides is 1. The first kappa shape index (κ1) is 23.0. The summed E-state index contributed by atoms with van der Waals surface area (Å²) in [5, 5.41) is 13.9. The third-order valence-corrected chi connectivity index (χ3v) is 3.56. The van der Waals surface area contributed by atoms with Crippen LogP contribution in [0.25, 0.3) is 0 Å². The van der Waals surface area contributed by atoms with E-state index in [1.54, 1.807) is 20.8 Å². The Hall–Kier alpha value is -1.97. The van der Waals surface area contributed by atoms with Crippen LogP contribution in [0.15, 0.2) is 0 Å². The van der Waals surface area contributed by atoms with Crippen LogP contribution in [-0.2, 0) is 19.1 Å². The van der Waals surface area contributed by atoms with E-state index in [9.17, 15) is 24.3 Å². The predicted octanol–water partition coefficient (Wildman–Crippen LogP) is 0.468. The standard InChI is InChI=1S/C15H27N3O6S/c1-15(2,3)24-14(23)18-9(5-6-11(16)19)12(20)17-10(13(21)22)7-8-25-4/h9-10H,5-8H2,1-4H3,(H2,16,19)(H,17,20)(H,18,23)(H,21,22)/t9-,10-/m0/s1. The average molecular weight is 377 g/mol. The summed E-state index contributed by atoms with van der Waals surface area (Å²) in [6, 6.07) is -2.21. The summed E-state index contributed by atoms with van der Waals surface area (Å²) in [4.78, 5) is 46.4. The van der Waals surface area contributed by atoms with E-state index in [1.165, 1.54) is 11.8 Å². The molecule has 2 atom stereocenters. The lowest BCUT2D eigenvalue weighted by atomic mass is 10.1. The van der Waals surface area contributed by atoms with Gasteiger partial charge in [-0.05, 0) is 45.6 Å². The summed E-state index contributed by atoms with van der Waals surface area (Å²) in [7, 11) is 0. The molecule has 0 spiro atoms. The predicted molar refractivity (Wildman–Crippen MR) is 94.2 cm³/mol. The molecule has 0 radical (unpaired) electrons. The highest BCUT2D eigenvalue weighted by atomic mass is 32.2. The van der Waals surface area contributed by atoms with Gasteiger partial charge in [-0.1, -0.05) is 0 Å². The van der Waals surface area contributed by atoms with Crippen molar-refractivity contribution in [1.82, 2.24) is 10.6 Å². The van der Waals surface area contributed by atoms with E-state index in [0.29, 0.717) is 5.75 Å². The highest BCUT2D eigenvalue weighted by molar-refractivity contribution is 7.98. The highest BCUT2D eigenvalue weighted by Gasteiger charge is 2.28. The number of ether oxygens (including phenoxy) is 1. The van der Waals surface area contributed by atoms with E-state index in [2.05, 4.69) is 10.6 Å². The lowest BCUT2D eigenvalue weighted by Crippen LogP contribution is -2.52. The van der Waals surface area contributed by atoms with E-state index < -0.39 is 41.6 Å². The van der Waals surface area contributed by atoms with Gasteiger partial charge < -0.3 is 26.2 Å². The fourth-order valence-electron chi connectivity index (χ4n) is 1.77. The van der Waals surface area contributed by atoms with E-state index in [-0.39, 0.29) is 19.3 Å². The quantitative estimate of drug-likeness (QED) is 0.432. The molecule has 0 unspecified atom stereocenters. The maximum atomic E-state index is 12.3. The van der Waals surface area contributed by atoms with Crippen molar-refractivity contribution < 1.29 is 29.0 Å². The van der Waals surface area contributed by atoms with E-state index in [0.717, 1.165) is 0 Å². The summed E-state index contributed by atoms with van der Waals surface area (Å²) < 4.78 is 5.08. The number of thioether (sulfide) groups is 1. The summed E-state index contributed by atoms with van der Waals surface area (Å²) in [5.74, 6) is -1.97. The zero-order valence-electron chi connectivity index (χ0n) is 15.0. The molecule has 144 valence electrons. The van der Waals surface area contributed by atoms with Gasteiger partial charge >= 0.3 is 12.1 Å². The summed E-state index contributed by atoms with van der Waals surface area (Å²) in [6.07, 6.45) is 1.01. The number of hydrogen-bond donors (Lipinski definition) is 4. The van der Waals surface area contributed by atoms with Crippen molar-refractivity contribution >= 4 is 35.6 Å². The first-order valence-corrected chi connectivity index (χ1v) is 9.15. The first-order valence-electron chi connectivity index (χ1n) is 7.76. The van der Waals surface area contributed by atoms with Crippen molar-refractivity contribution in [2.75, 3.05) is 12.0 Å². The minimum Gasteiger partial charge on any atom is -0.480 e. The number of hydrogen-bond acceptors (Lipinski definition) is 6. The third-order valence-electron chi connectivity index (χ3n) is 2.91. The molecule has 10 heteroatoms. The largest absolute Gasteiger partial charge is 0.480 e. The van der Waals surface area contributed by atoms with Crippen LogP contribution >= 0.6 is 11.8 Å². The van der Waals surface area contributed by atoms with Crippen molar-refractivity contribution in [3.05, 3.63) is 0 Å². The molecule has 0 aliphatic rings. The molecule has 0 saturated carbocycles. The molecule has 0 heterocycles. The van der Waals surface area contributed by atoms with Crippen LogP contribution in [-0.4, -0.2) is 58.7 Å². The summed E-state index contributed by atoms with van der Waals surface area (Å²) >= 11 is 1.45. The normalized spacial score (nSPS) is 13.4. The Bertz CT molecular complexity index is 492. The molecule has 0 saturated heterocycles. The molecular weight excluding hydrogens is 350 g/mol. The molecule has 0 rings (SSSR count). The maximum absolute atomic E-state index is 12.3. The van der Waals surface area contributed by atoms with Gasteiger partial charge in [0.2, 0.25) is 11.8 Å². The Morgan fingerprint density at radius 1 is 1.12 bits per heavy atom. The van der Waals surface area contributed by atoms with Gasteiger partial charge in [-0.15, -0.1) is 0 Å². The van der Waals surface area contributed by atoms with Crippen LogP contribution in [0.5, 0.6) is 0 Å². The van der Waals surface area contributed by atoms with Gasteiger partial charge in [-0.3, -0.25) is 9.59 Å². The lowest BCUT2D eigenvalue weighted by molar-refractivity contribution is -0.142. The number of aliphatic carboxylic acids is 1. The molecule has 25 heavy (non-hydrogen) atoms. The number of carbonyl (C=O) groups is 4. The second-order valence-corrected chi connectivity index (χ2v) is 7.37. The number of carboxylic acid groups (broad SMARTS) is 1. The van der Waals surface area contributed by atoms with Gasteiger partial charge in [0.05, 0.1) is 0 Å². The smallest absolute Gasteiger partial charge is 0.408 e. The molecule has 0 aliphatic heterocycles. The third kappa shape index (κ3) is 11.2. The van der Waals surface area contributed by atoms with Gasteiger partial charge in [0.15, 0.2) is 0 Å². The van der Waals surface area contributed by atoms with Crippen LogP contribution in [0.3, 0.4) is 0 Å². The van der Waals surface area contributed by atoms with Crippen LogP contribution < -0.4 is 16.4 Å². The number of alkyl carbamates (subject to hydrolysis) is 1. The molecule has 0 aromatic carbocycles. The molecule has 3 amide bonds. The molecule has 0 fully saturated rings. The highest BCUT2D eigenvalue weighted by Crippen LogP contribution is 2.08. The zero-order chi connectivity index (χ0) is 19.6. The Labute approximate surface area is 151 Å². The van der Waals surface area contributed by atoms with Gasteiger partial charge in [0, 0.05) is 6.42 Å². The van der Waals surface area contributed by atoms with Crippen LogP contribution in [0.1, 0.15) is 40.0 Å². The van der Waals surface area contributed by atoms with Gasteiger partial charge in [0.1, 0.15) is 17.7 Å². The Morgan fingerprint density at radius 2 is 1.72 bits per heavy atom. The minimum atomic E-state index is -1.17. The van der Waals surface area contributed by atoms with Crippen molar-refractivity contribution in [1.29, 1.82) is 0 Å². The number of carboxylic acids is 1. The van der Waals surface area contributed by atoms with Crippen LogP contribution in [0.4, 0.5) is 4.79 Å². The van der Waals surface area contributed by atoms with E-state index >= 15 is 0 Å². The number of nitrogens with one attached hydrogen (secondary N) is 2. The topological polar surface area (TPSA) is 148 Å². The molecular formula is C15H27N3O6S. The lowest BCUT2D eigenvalue weighted by Gasteiger charge is -2.24. The summed E-state index contributed by atoms with van der Waals surface area (Å²) in [5.41, 5.74) is 4.31. The van der Waals surface area contributed by atoms with E-state index in [1.807, 2.05) is 6.26 Å². The summed E-state index contributed by atoms with van der Waals surface area (Å²) in [6.45, 7) is 4.98. The van der Waals surface area contributed by atoms with Crippen molar-refractivity contribution in [2.24, 2.45) is 5.73 Å². The number of nitrogens with two attached hydrogens (primary N) is 1. The molecule has 5 N–H and O–H groups in total. The fourth-order valence-corrected chi connectivity index (χ4v) is 2.24. The molecule has 0 aromatic rings. The second-order valence-electron chi connectivity index (χ2n) is 6.38. The second kappa shape index (κ2) is 10.8. The van der Waals surface area contributed by atoms with Gasteiger partial charge in [0.25, 0.3) is 0 Å². The van der Waals surface area contributed by atoms with Crippen LogP contribution in [0.2, 0.25) is 0 Å². The maximum Gasteiger partial charge on any atom is 0.408 e. The average Bonchev–Trinajstić information content (AvgIpc) is 2.45. The Morgan fingerprint density at radius 3 is 2.16 bits per heavy atom.